The van der Waals surface area contributed by atoms with Crippen LogP contribution in [-0.4, -0.2) is 47.5 Å². The first-order valence-corrected chi connectivity index (χ1v) is 4.09. The Kier molecular flexibility index (Phi) is 1.52. The highest BCUT2D eigenvalue weighted by atomic mass is 16.2. The standard InChI is InChI=1S/C8H8N2O4/c1-9-5(11)3(6(9)12)4-7(13)10(2)8(4)14/h3-4H,1-2H3. The Balaban J connectivity index is 2.19. The maximum atomic E-state index is 11.2. The molecule has 2 rings (SSSR count). The van der Waals surface area contributed by atoms with Crippen molar-refractivity contribution >= 4 is 23.6 Å². The number of nitrogens with zero attached hydrogens (tertiary/aromatic N) is 2. The van der Waals surface area contributed by atoms with Crippen molar-refractivity contribution in [2.45, 2.75) is 0 Å². The minimum atomic E-state index is -1.06. The van der Waals surface area contributed by atoms with Crippen molar-refractivity contribution in [3.63, 3.8) is 0 Å². The molecule has 0 atom stereocenters. The maximum Gasteiger partial charge on any atom is 0.242 e. The molecule has 2 aliphatic heterocycles. The SMILES string of the molecule is CN1C(=O)C(C2C(=O)N(C)C2=O)C1=O. The van der Waals surface area contributed by atoms with Gasteiger partial charge in [-0.3, -0.25) is 29.0 Å². The van der Waals surface area contributed by atoms with Crippen LogP contribution >= 0.6 is 0 Å². The van der Waals surface area contributed by atoms with Gasteiger partial charge in [0.05, 0.1) is 0 Å². The molecule has 0 aromatic rings. The summed E-state index contributed by atoms with van der Waals surface area (Å²) in [6, 6.07) is 0. The molecule has 0 N–H and O–H groups in total. The lowest BCUT2D eigenvalue weighted by atomic mass is 9.78. The van der Waals surface area contributed by atoms with Gasteiger partial charge in [0.1, 0.15) is 11.8 Å². The summed E-state index contributed by atoms with van der Waals surface area (Å²) in [5.41, 5.74) is 0. The Morgan fingerprint density at radius 2 is 0.929 bits per heavy atom. The molecule has 2 saturated heterocycles. The lowest BCUT2D eigenvalue weighted by Crippen LogP contribution is -2.68. The summed E-state index contributed by atoms with van der Waals surface area (Å²) >= 11 is 0. The fourth-order valence-corrected chi connectivity index (χ4v) is 1.70. The second-order valence-electron chi connectivity index (χ2n) is 3.43. The van der Waals surface area contributed by atoms with Crippen molar-refractivity contribution < 1.29 is 19.2 Å². The smallest absolute Gasteiger partial charge is 0.242 e. The topological polar surface area (TPSA) is 74.8 Å². The highest BCUT2D eigenvalue weighted by molar-refractivity contribution is 6.28. The molecule has 74 valence electrons. The Hall–Kier alpha value is -1.72. The van der Waals surface area contributed by atoms with Crippen molar-refractivity contribution in [1.29, 1.82) is 0 Å². The van der Waals surface area contributed by atoms with E-state index >= 15 is 0 Å². The van der Waals surface area contributed by atoms with Gasteiger partial charge in [-0.1, -0.05) is 0 Å². The summed E-state index contributed by atoms with van der Waals surface area (Å²) in [7, 11) is 2.66. The van der Waals surface area contributed by atoms with Gasteiger partial charge in [0.25, 0.3) is 0 Å². The van der Waals surface area contributed by atoms with E-state index in [1.165, 1.54) is 14.1 Å². The average Bonchev–Trinajstić information content (AvgIpc) is 2.22. The first kappa shape index (κ1) is 8.86. The van der Waals surface area contributed by atoms with Crippen molar-refractivity contribution in [3.05, 3.63) is 0 Å². The third kappa shape index (κ3) is 0.753. The van der Waals surface area contributed by atoms with Crippen LogP contribution in [0.25, 0.3) is 0 Å². The van der Waals surface area contributed by atoms with Crippen LogP contribution in [0.4, 0.5) is 0 Å². The molecule has 0 bridgehead atoms. The monoisotopic (exact) mass is 196 g/mol. The number of rotatable bonds is 1. The zero-order chi connectivity index (χ0) is 10.6. The molecule has 4 amide bonds. The number of imide groups is 2. The first-order valence-electron chi connectivity index (χ1n) is 4.09. The predicted molar refractivity (Wildman–Crippen MR) is 42.5 cm³/mol. The fraction of sp³-hybridized carbons (Fsp3) is 0.500. The lowest BCUT2D eigenvalue weighted by molar-refractivity contribution is -0.181. The zero-order valence-corrected chi connectivity index (χ0v) is 7.68. The number of likely N-dealkylation sites (tertiary alicyclic amines) is 2. The van der Waals surface area contributed by atoms with Crippen molar-refractivity contribution in [3.8, 4) is 0 Å². The van der Waals surface area contributed by atoms with Crippen LogP contribution in [0, 0.1) is 11.8 Å². The highest BCUT2D eigenvalue weighted by Gasteiger charge is 2.60. The van der Waals surface area contributed by atoms with Gasteiger partial charge in [-0.15, -0.1) is 0 Å². The molecule has 6 heteroatoms. The largest absolute Gasteiger partial charge is 0.284 e. The number of β-lactam (4-membered cyclic amide) rings is 4. The molecule has 6 nitrogen and oxygen atoms in total. The van der Waals surface area contributed by atoms with Crippen LogP contribution in [0.15, 0.2) is 0 Å². The second-order valence-corrected chi connectivity index (χ2v) is 3.43. The molecule has 0 aliphatic carbocycles. The van der Waals surface area contributed by atoms with Crippen LogP contribution in [0.3, 0.4) is 0 Å². The van der Waals surface area contributed by atoms with E-state index in [1.807, 2.05) is 0 Å². The molecule has 14 heavy (non-hydrogen) atoms. The van der Waals surface area contributed by atoms with Crippen LogP contribution in [0.5, 0.6) is 0 Å². The second kappa shape index (κ2) is 2.40. The number of carbonyl (C=O) groups is 4. The quantitative estimate of drug-likeness (QED) is 0.367. The molecule has 0 saturated carbocycles. The van der Waals surface area contributed by atoms with E-state index in [0.29, 0.717) is 0 Å². The van der Waals surface area contributed by atoms with Crippen LogP contribution in [0.1, 0.15) is 0 Å². The van der Waals surface area contributed by atoms with Gasteiger partial charge in [0.15, 0.2) is 0 Å². The van der Waals surface area contributed by atoms with Gasteiger partial charge in [-0.05, 0) is 0 Å². The third-order valence-electron chi connectivity index (χ3n) is 2.72. The molecular weight excluding hydrogens is 188 g/mol. The number of hydrogen-bond donors (Lipinski definition) is 0. The fourth-order valence-electron chi connectivity index (χ4n) is 1.70. The van der Waals surface area contributed by atoms with Gasteiger partial charge < -0.3 is 0 Å². The van der Waals surface area contributed by atoms with Crippen LogP contribution < -0.4 is 0 Å². The van der Waals surface area contributed by atoms with Gasteiger partial charge >= 0.3 is 0 Å². The molecule has 0 unspecified atom stereocenters. The zero-order valence-electron chi connectivity index (χ0n) is 7.68. The van der Waals surface area contributed by atoms with Crippen LogP contribution in [-0.2, 0) is 19.2 Å². The average molecular weight is 196 g/mol. The Labute approximate surface area is 79.4 Å². The Morgan fingerprint density at radius 3 is 1.14 bits per heavy atom. The summed E-state index contributed by atoms with van der Waals surface area (Å²) in [6.45, 7) is 0. The number of amides is 4. The van der Waals surface area contributed by atoms with E-state index in [-0.39, 0.29) is 0 Å². The first-order chi connectivity index (χ1) is 6.46. The van der Waals surface area contributed by atoms with Gasteiger partial charge in [0, 0.05) is 14.1 Å². The van der Waals surface area contributed by atoms with E-state index in [0.717, 1.165) is 9.80 Å². The summed E-state index contributed by atoms with van der Waals surface area (Å²) < 4.78 is 0. The Bertz CT molecular complexity index is 308. The van der Waals surface area contributed by atoms with E-state index in [4.69, 9.17) is 0 Å². The van der Waals surface area contributed by atoms with E-state index in [1.54, 1.807) is 0 Å². The van der Waals surface area contributed by atoms with Crippen molar-refractivity contribution in [2.75, 3.05) is 14.1 Å². The van der Waals surface area contributed by atoms with Crippen molar-refractivity contribution in [2.24, 2.45) is 11.8 Å². The molecule has 2 aliphatic rings. The normalized spacial score (nSPS) is 24.1. The summed E-state index contributed by atoms with van der Waals surface area (Å²) in [5, 5.41) is 0. The minimum absolute atomic E-state index is 0.449. The Morgan fingerprint density at radius 1 is 0.714 bits per heavy atom. The summed E-state index contributed by atoms with van der Waals surface area (Å²) in [6.07, 6.45) is 0. The van der Waals surface area contributed by atoms with Crippen LogP contribution in [0.2, 0.25) is 0 Å². The number of carbonyl (C=O) groups excluding carboxylic acids is 4. The van der Waals surface area contributed by atoms with E-state index in [2.05, 4.69) is 0 Å². The highest BCUT2D eigenvalue weighted by Crippen LogP contribution is 2.33. The summed E-state index contributed by atoms with van der Waals surface area (Å²) in [4.78, 5) is 46.6. The molecule has 0 radical (unpaired) electrons. The summed E-state index contributed by atoms with van der Waals surface area (Å²) in [5.74, 6) is -3.92. The molecule has 2 fully saturated rings. The molecular formula is C8H8N2O4. The van der Waals surface area contributed by atoms with Gasteiger partial charge in [-0.25, -0.2) is 0 Å². The molecule has 0 aromatic carbocycles. The molecule has 0 spiro atoms. The molecule has 2 heterocycles. The van der Waals surface area contributed by atoms with E-state index in [9.17, 15) is 19.2 Å². The van der Waals surface area contributed by atoms with Crippen molar-refractivity contribution in [1.82, 2.24) is 9.80 Å². The molecule has 0 aromatic heterocycles. The minimum Gasteiger partial charge on any atom is -0.284 e. The maximum absolute atomic E-state index is 11.2. The van der Waals surface area contributed by atoms with E-state index < -0.39 is 35.5 Å². The third-order valence-corrected chi connectivity index (χ3v) is 2.72. The number of hydrogen-bond acceptors (Lipinski definition) is 4. The predicted octanol–water partition coefficient (Wildman–Crippen LogP) is -1.78. The lowest BCUT2D eigenvalue weighted by Gasteiger charge is -2.42. The van der Waals surface area contributed by atoms with Gasteiger partial charge in [-0.2, -0.15) is 0 Å². The van der Waals surface area contributed by atoms with Gasteiger partial charge in [0.2, 0.25) is 23.6 Å².